The lowest BCUT2D eigenvalue weighted by molar-refractivity contribution is 0.424. The van der Waals surface area contributed by atoms with Crippen molar-refractivity contribution in [3.8, 4) is 0 Å². The quantitative estimate of drug-likeness (QED) is 0.843. The minimum Gasteiger partial charge on any atom is -0.347 e. The molecule has 2 aromatic rings. The van der Waals surface area contributed by atoms with Crippen LogP contribution in [0, 0.1) is 5.92 Å². The van der Waals surface area contributed by atoms with Gasteiger partial charge in [0.15, 0.2) is 0 Å². The lowest BCUT2D eigenvalue weighted by Gasteiger charge is -2.20. The summed E-state index contributed by atoms with van der Waals surface area (Å²) in [5.41, 5.74) is 2.87. The number of aryl methyl sites for hydroxylation is 1. The van der Waals surface area contributed by atoms with Crippen molar-refractivity contribution >= 4 is 10.9 Å². The maximum Gasteiger partial charge on any atom is 0.0480 e. The molecule has 2 heteroatoms. The molecule has 0 saturated heterocycles. The molecular formula is C18H28N2. The van der Waals surface area contributed by atoms with Gasteiger partial charge in [-0.25, -0.2) is 0 Å². The zero-order valence-corrected chi connectivity index (χ0v) is 13.5. The highest BCUT2D eigenvalue weighted by Crippen LogP contribution is 2.19. The molecule has 1 heterocycles. The molecule has 20 heavy (non-hydrogen) atoms. The summed E-state index contributed by atoms with van der Waals surface area (Å²) in [6.45, 7) is 13.2. The molecule has 1 aromatic heterocycles. The Morgan fingerprint density at radius 3 is 2.55 bits per heavy atom. The van der Waals surface area contributed by atoms with Crippen molar-refractivity contribution in [2.75, 3.05) is 0 Å². The molecule has 110 valence electrons. The Morgan fingerprint density at radius 2 is 1.90 bits per heavy atom. The summed E-state index contributed by atoms with van der Waals surface area (Å²) < 4.78 is 2.37. The summed E-state index contributed by atoms with van der Waals surface area (Å²) in [6.07, 6.45) is 3.45. The van der Waals surface area contributed by atoms with Gasteiger partial charge in [0, 0.05) is 30.3 Å². The second-order valence-corrected chi connectivity index (χ2v) is 7.19. The highest BCUT2D eigenvalue weighted by atomic mass is 15.0. The van der Waals surface area contributed by atoms with E-state index in [-0.39, 0.29) is 5.54 Å². The van der Waals surface area contributed by atoms with Gasteiger partial charge in [-0.05, 0) is 62.3 Å². The molecule has 0 bridgehead atoms. The maximum atomic E-state index is 3.54. The number of hydrogen-bond acceptors (Lipinski definition) is 1. The van der Waals surface area contributed by atoms with Crippen LogP contribution in [0.15, 0.2) is 30.5 Å². The molecule has 0 spiro atoms. The Hall–Kier alpha value is -1.28. The number of nitrogens with one attached hydrogen (secondary N) is 1. The van der Waals surface area contributed by atoms with Gasteiger partial charge in [-0.1, -0.05) is 19.9 Å². The summed E-state index contributed by atoms with van der Waals surface area (Å²) in [7, 11) is 0. The van der Waals surface area contributed by atoms with Crippen molar-refractivity contribution in [1.29, 1.82) is 0 Å². The third-order valence-corrected chi connectivity index (χ3v) is 3.61. The topological polar surface area (TPSA) is 17.0 Å². The molecule has 2 rings (SSSR count). The molecule has 0 fully saturated rings. The van der Waals surface area contributed by atoms with E-state index >= 15 is 0 Å². The van der Waals surface area contributed by atoms with Crippen molar-refractivity contribution in [1.82, 2.24) is 9.88 Å². The number of fused-ring (bicyclic) bond motifs is 1. The van der Waals surface area contributed by atoms with Gasteiger partial charge in [0.25, 0.3) is 0 Å². The van der Waals surface area contributed by atoms with E-state index in [0.29, 0.717) is 0 Å². The van der Waals surface area contributed by atoms with Gasteiger partial charge in [-0.2, -0.15) is 0 Å². The van der Waals surface area contributed by atoms with Crippen LogP contribution in [-0.2, 0) is 13.1 Å². The van der Waals surface area contributed by atoms with Crippen LogP contribution in [-0.4, -0.2) is 10.1 Å². The minimum absolute atomic E-state index is 0.165. The molecule has 0 amide bonds. The van der Waals surface area contributed by atoms with Gasteiger partial charge in [0.1, 0.15) is 0 Å². The first-order valence-electron chi connectivity index (χ1n) is 7.68. The zero-order chi connectivity index (χ0) is 14.8. The Morgan fingerprint density at radius 1 is 1.15 bits per heavy atom. The molecule has 0 aliphatic heterocycles. The van der Waals surface area contributed by atoms with Crippen LogP contribution in [0.2, 0.25) is 0 Å². The van der Waals surface area contributed by atoms with Crippen LogP contribution in [0.5, 0.6) is 0 Å². The third-order valence-electron chi connectivity index (χ3n) is 3.61. The lowest BCUT2D eigenvalue weighted by atomic mass is 10.1. The van der Waals surface area contributed by atoms with Crippen LogP contribution in [0.1, 0.15) is 46.6 Å². The SMILES string of the molecule is CC(C)CCn1ccc2cc(CNC(C)(C)C)ccc21. The Balaban J connectivity index is 2.11. The monoisotopic (exact) mass is 272 g/mol. The first kappa shape index (κ1) is 15.1. The largest absolute Gasteiger partial charge is 0.347 e. The predicted molar refractivity (Wildman–Crippen MR) is 88.0 cm³/mol. The fourth-order valence-electron chi connectivity index (χ4n) is 2.32. The second-order valence-electron chi connectivity index (χ2n) is 7.19. The van der Waals surface area contributed by atoms with E-state index < -0.39 is 0 Å². The van der Waals surface area contributed by atoms with Crippen LogP contribution in [0.4, 0.5) is 0 Å². The van der Waals surface area contributed by atoms with Crippen molar-refractivity contribution in [3.63, 3.8) is 0 Å². The highest BCUT2D eigenvalue weighted by Gasteiger charge is 2.09. The first-order chi connectivity index (χ1) is 9.35. The van der Waals surface area contributed by atoms with E-state index in [9.17, 15) is 0 Å². The van der Waals surface area contributed by atoms with E-state index in [1.54, 1.807) is 0 Å². The van der Waals surface area contributed by atoms with Gasteiger partial charge in [-0.15, -0.1) is 0 Å². The van der Waals surface area contributed by atoms with Crippen LogP contribution in [0.3, 0.4) is 0 Å². The van der Waals surface area contributed by atoms with Crippen molar-refractivity contribution in [3.05, 3.63) is 36.0 Å². The molecule has 0 aliphatic rings. The van der Waals surface area contributed by atoms with Crippen molar-refractivity contribution < 1.29 is 0 Å². The summed E-state index contributed by atoms with van der Waals surface area (Å²) in [4.78, 5) is 0. The van der Waals surface area contributed by atoms with Crippen LogP contribution >= 0.6 is 0 Å². The zero-order valence-electron chi connectivity index (χ0n) is 13.5. The number of hydrogen-bond donors (Lipinski definition) is 1. The van der Waals surface area contributed by atoms with Crippen molar-refractivity contribution in [2.24, 2.45) is 5.92 Å². The average molecular weight is 272 g/mol. The normalized spacial score (nSPS) is 12.5. The van der Waals surface area contributed by atoms with Crippen LogP contribution < -0.4 is 5.32 Å². The summed E-state index contributed by atoms with van der Waals surface area (Å²) in [5.74, 6) is 0.753. The molecule has 0 saturated carbocycles. The predicted octanol–water partition coefficient (Wildman–Crippen LogP) is 4.58. The Labute approximate surface area is 123 Å². The Bertz CT molecular complexity index is 558. The van der Waals surface area contributed by atoms with E-state index in [1.165, 1.54) is 22.9 Å². The molecule has 0 radical (unpaired) electrons. The fraction of sp³-hybridized carbons (Fsp3) is 0.556. The second kappa shape index (κ2) is 6.01. The minimum atomic E-state index is 0.165. The number of aromatic nitrogens is 1. The van der Waals surface area contributed by atoms with Gasteiger partial charge in [-0.3, -0.25) is 0 Å². The van der Waals surface area contributed by atoms with Gasteiger partial charge < -0.3 is 9.88 Å². The van der Waals surface area contributed by atoms with Crippen LogP contribution in [0.25, 0.3) is 10.9 Å². The first-order valence-corrected chi connectivity index (χ1v) is 7.68. The highest BCUT2D eigenvalue weighted by molar-refractivity contribution is 5.80. The average Bonchev–Trinajstić information content (AvgIpc) is 2.75. The number of benzene rings is 1. The van der Waals surface area contributed by atoms with E-state index in [4.69, 9.17) is 0 Å². The third kappa shape index (κ3) is 4.11. The molecule has 0 unspecified atom stereocenters. The van der Waals surface area contributed by atoms with Crippen molar-refractivity contribution in [2.45, 2.75) is 59.7 Å². The molecular weight excluding hydrogens is 244 g/mol. The number of nitrogens with zero attached hydrogens (tertiary/aromatic N) is 1. The summed E-state index contributed by atoms with van der Waals surface area (Å²) in [5, 5.41) is 4.89. The molecule has 0 aliphatic carbocycles. The lowest BCUT2D eigenvalue weighted by Crippen LogP contribution is -2.35. The fourth-order valence-corrected chi connectivity index (χ4v) is 2.32. The molecule has 1 N–H and O–H groups in total. The smallest absolute Gasteiger partial charge is 0.0480 e. The standard InChI is InChI=1S/C18H28N2/c1-14(2)8-10-20-11-9-16-12-15(6-7-17(16)20)13-19-18(3,4)5/h6-7,9,11-12,14,19H,8,10,13H2,1-5H3. The Kier molecular flexibility index (Phi) is 4.54. The number of rotatable bonds is 5. The molecule has 2 nitrogen and oxygen atoms in total. The summed E-state index contributed by atoms with van der Waals surface area (Å²) in [6, 6.07) is 9.04. The van der Waals surface area contributed by atoms with E-state index in [0.717, 1.165) is 19.0 Å². The molecule has 1 aromatic carbocycles. The van der Waals surface area contributed by atoms with Gasteiger partial charge in [0.2, 0.25) is 0 Å². The van der Waals surface area contributed by atoms with E-state index in [1.807, 2.05) is 0 Å². The molecule has 0 atom stereocenters. The summed E-state index contributed by atoms with van der Waals surface area (Å²) >= 11 is 0. The van der Waals surface area contributed by atoms with Gasteiger partial charge >= 0.3 is 0 Å². The van der Waals surface area contributed by atoms with Gasteiger partial charge in [0.05, 0.1) is 0 Å². The van der Waals surface area contributed by atoms with E-state index in [2.05, 4.69) is 75.0 Å². The maximum absolute atomic E-state index is 3.54.